The molecular formula is C22H28BrNO3. The van der Waals surface area contributed by atoms with Crippen LogP contribution in [0.15, 0.2) is 54.6 Å². The maximum atomic E-state index is 12.5. The summed E-state index contributed by atoms with van der Waals surface area (Å²) in [6.45, 7) is 5.62. The van der Waals surface area contributed by atoms with Crippen molar-refractivity contribution in [3.63, 3.8) is 0 Å². The van der Waals surface area contributed by atoms with Crippen LogP contribution in [0.3, 0.4) is 0 Å². The van der Waals surface area contributed by atoms with E-state index in [-0.39, 0.29) is 34.7 Å². The predicted molar refractivity (Wildman–Crippen MR) is 103 cm³/mol. The summed E-state index contributed by atoms with van der Waals surface area (Å²) in [5.41, 5.74) is 2.54. The lowest BCUT2D eigenvalue weighted by atomic mass is 10.0. The van der Waals surface area contributed by atoms with E-state index in [1.807, 2.05) is 68.4 Å². The van der Waals surface area contributed by atoms with Gasteiger partial charge in [-0.05, 0) is 0 Å². The second kappa shape index (κ2) is 10.4. The number of ether oxygens (including phenoxy) is 1. The van der Waals surface area contributed by atoms with Gasteiger partial charge in [0.1, 0.15) is 19.7 Å². The summed E-state index contributed by atoms with van der Waals surface area (Å²) >= 11 is 0. The highest BCUT2D eigenvalue weighted by Crippen LogP contribution is 2.14. The van der Waals surface area contributed by atoms with Gasteiger partial charge in [-0.3, -0.25) is 9.59 Å². The molecule has 0 aliphatic rings. The zero-order chi connectivity index (χ0) is 19.2. The van der Waals surface area contributed by atoms with Gasteiger partial charge in [0.25, 0.3) is 0 Å². The number of likely N-dealkylation sites (N-methyl/N-ethyl adjacent to an activating group) is 1. The zero-order valence-electron chi connectivity index (χ0n) is 16.4. The maximum Gasteiger partial charge on any atom is 0.308 e. The fourth-order valence-corrected chi connectivity index (χ4v) is 2.65. The van der Waals surface area contributed by atoms with Crippen molar-refractivity contribution in [2.24, 2.45) is 5.92 Å². The van der Waals surface area contributed by atoms with Gasteiger partial charge in [0.15, 0.2) is 5.78 Å². The van der Waals surface area contributed by atoms with Crippen LogP contribution in [0.5, 0.6) is 0 Å². The third-order valence-corrected chi connectivity index (χ3v) is 4.28. The van der Waals surface area contributed by atoms with Gasteiger partial charge >= 0.3 is 5.97 Å². The molecule has 146 valence electrons. The monoisotopic (exact) mass is 433 g/mol. The summed E-state index contributed by atoms with van der Waals surface area (Å²) in [6, 6.07) is 17.0. The molecular weight excluding hydrogens is 406 g/mol. The van der Waals surface area contributed by atoms with E-state index >= 15 is 0 Å². The Bertz CT molecular complexity index is 740. The Balaban J connectivity index is 0.00000364. The van der Waals surface area contributed by atoms with Crippen molar-refractivity contribution >= 4 is 11.8 Å². The normalized spacial score (nSPS) is 11.0. The molecule has 0 aromatic heterocycles. The molecule has 0 atom stereocenters. The van der Waals surface area contributed by atoms with Crippen molar-refractivity contribution in [3.05, 3.63) is 71.3 Å². The Kier molecular flexibility index (Phi) is 8.86. The van der Waals surface area contributed by atoms with E-state index in [1.165, 1.54) is 0 Å². The number of hydrogen-bond acceptors (Lipinski definition) is 3. The van der Waals surface area contributed by atoms with E-state index in [0.29, 0.717) is 22.2 Å². The van der Waals surface area contributed by atoms with Crippen LogP contribution < -0.4 is 17.0 Å². The summed E-state index contributed by atoms with van der Waals surface area (Å²) in [4.78, 5) is 24.0. The third-order valence-electron chi connectivity index (χ3n) is 4.28. The number of halogens is 1. The van der Waals surface area contributed by atoms with Crippen LogP contribution in [0.25, 0.3) is 0 Å². The molecule has 0 N–H and O–H groups in total. The lowest BCUT2D eigenvalue weighted by Crippen LogP contribution is -3.00. The highest BCUT2D eigenvalue weighted by atomic mass is 79.9. The van der Waals surface area contributed by atoms with Crippen LogP contribution in [-0.2, 0) is 16.1 Å². The standard InChI is InChI=1S/C22H28NO3.BrH/c1-17(2)22(25)26-15-14-23(3,4)16-18-10-12-20(13-11-18)21(24)19-8-6-5-7-9-19;/h5-13,17H,14-16H2,1-4H3;1H/q+1;/p-1. The van der Waals surface area contributed by atoms with Gasteiger partial charge in [0, 0.05) is 16.7 Å². The Labute approximate surface area is 172 Å². The molecule has 0 amide bonds. The maximum absolute atomic E-state index is 12.5. The van der Waals surface area contributed by atoms with E-state index in [9.17, 15) is 9.59 Å². The number of esters is 1. The molecule has 0 aliphatic carbocycles. The molecule has 0 fully saturated rings. The molecule has 0 aliphatic heterocycles. The fourth-order valence-electron chi connectivity index (χ4n) is 2.65. The fraction of sp³-hybridized carbons (Fsp3) is 0.364. The van der Waals surface area contributed by atoms with Crippen LogP contribution in [0.1, 0.15) is 35.3 Å². The van der Waals surface area contributed by atoms with Crippen LogP contribution in [-0.4, -0.2) is 43.5 Å². The zero-order valence-corrected chi connectivity index (χ0v) is 18.0. The minimum absolute atomic E-state index is 0. The van der Waals surface area contributed by atoms with Gasteiger partial charge in [-0.25, -0.2) is 0 Å². The van der Waals surface area contributed by atoms with Crippen molar-refractivity contribution < 1.29 is 35.8 Å². The Morgan fingerprint density at radius 2 is 1.48 bits per heavy atom. The first kappa shape index (κ1) is 23.1. The number of benzene rings is 2. The van der Waals surface area contributed by atoms with E-state index in [2.05, 4.69) is 14.1 Å². The molecule has 2 aromatic carbocycles. The van der Waals surface area contributed by atoms with Crippen molar-refractivity contribution in [2.75, 3.05) is 27.2 Å². The summed E-state index contributed by atoms with van der Waals surface area (Å²) in [5.74, 6) is -0.222. The Hall–Kier alpha value is -1.98. The Morgan fingerprint density at radius 3 is 2.04 bits per heavy atom. The smallest absolute Gasteiger partial charge is 0.308 e. The third kappa shape index (κ3) is 7.27. The number of ketones is 1. The molecule has 2 rings (SSSR count). The summed E-state index contributed by atoms with van der Waals surface area (Å²) in [7, 11) is 4.21. The summed E-state index contributed by atoms with van der Waals surface area (Å²) < 4.78 is 5.98. The van der Waals surface area contributed by atoms with Crippen LogP contribution in [0, 0.1) is 5.92 Å². The van der Waals surface area contributed by atoms with E-state index in [0.717, 1.165) is 18.7 Å². The highest BCUT2D eigenvalue weighted by molar-refractivity contribution is 6.08. The molecule has 4 nitrogen and oxygen atoms in total. The van der Waals surface area contributed by atoms with Crippen molar-refractivity contribution in [1.29, 1.82) is 0 Å². The molecule has 0 saturated heterocycles. The average molecular weight is 434 g/mol. The number of hydrogen-bond donors (Lipinski definition) is 0. The molecule has 0 unspecified atom stereocenters. The lowest BCUT2D eigenvalue weighted by Gasteiger charge is -2.29. The largest absolute Gasteiger partial charge is 1.00 e. The van der Waals surface area contributed by atoms with Crippen molar-refractivity contribution in [1.82, 2.24) is 0 Å². The van der Waals surface area contributed by atoms with Gasteiger partial charge in [0.2, 0.25) is 0 Å². The van der Waals surface area contributed by atoms with E-state index in [4.69, 9.17) is 4.74 Å². The highest BCUT2D eigenvalue weighted by Gasteiger charge is 2.18. The predicted octanol–water partition coefficient (Wildman–Crippen LogP) is 0.697. The average Bonchev–Trinajstić information content (AvgIpc) is 2.62. The topological polar surface area (TPSA) is 43.4 Å². The van der Waals surface area contributed by atoms with Crippen LogP contribution >= 0.6 is 0 Å². The van der Waals surface area contributed by atoms with E-state index < -0.39 is 0 Å². The molecule has 27 heavy (non-hydrogen) atoms. The quantitative estimate of drug-likeness (QED) is 0.349. The first-order valence-corrected chi connectivity index (χ1v) is 8.96. The number of carbonyl (C=O) groups is 2. The number of carbonyl (C=O) groups excluding carboxylic acids is 2. The molecule has 0 heterocycles. The minimum atomic E-state index is -0.159. The second-order valence-electron chi connectivity index (χ2n) is 7.53. The van der Waals surface area contributed by atoms with Gasteiger partial charge in [-0.15, -0.1) is 0 Å². The number of quaternary nitrogens is 1. The number of nitrogens with zero attached hydrogens (tertiary/aromatic N) is 1. The summed E-state index contributed by atoms with van der Waals surface area (Å²) in [5, 5.41) is 0. The van der Waals surface area contributed by atoms with Gasteiger partial charge in [-0.2, -0.15) is 0 Å². The van der Waals surface area contributed by atoms with Crippen LogP contribution in [0.2, 0.25) is 0 Å². The number of rotatable bonds is 8. The van der Waals surface area contributed by atoms with E-state index in [1.54, 1.807) is 0 Å². The van der Waals surface area contributed by atoms with Gasteiger partial charge < -0.3 is 26.2 Å². The minimum Gasteiger partial charge on any atom is -1.00 e. The summed E-state index contributed by atoms with van der Waals surface area (Å²) in [6.07, 6.45) is 0. The van der Waals surface area contributed by atoms with Crippen LogP contribution in [0.4, 0.5) is 0 Å². The molecule has 0 radical (unpaired) electrons. The molecule has 0 spiro atoms. The Morgan fingerprint density at radius 1 is 0.926 bits per heavy atom. The molecule has 5 heteroatoms. The first-order chi connectivity index (χ1) is 12.3. The lowest BCUT2D eigenvalue weighted by molar-refractivity contribution is -0.903. The van der Waals surface area contributed by atoms with Gasteiger partial charge in [0.05, 0.1) is 20.0 Å². The van der Waals surface area contributed by atoms with Crippen molar-refractivity contribution in [3.8, 4) is 0 Å². The first-order valence-electron chi connectivity index (χ1n) is 8.96. The van der Waals surface area contributed by atoms with Gasteiger partial charge in [-0.1, -0.05) is 68.4 Å². The SMILES string of the molecule is CC(C)C(=O)OCC[N+](C)(C)Cc1ccc(C(=O)c2ccccc2)cc1.[Br-]. The molecule has 0 saturated carbocycles. The molecule has 0 bridgehead atoms. The van der Waals surface area contributed by atoms with Crippen molar-refractivity contribution in [2.45, 2.75) is 20.4 Å². The second-order valence-corrected chi connectivity index (χ2v) is 7.53. The molecule has 2 aromatic rings.